The molecule has 1 aliphatic heterocycles. The maximum absolute atomic E-state index is 13.0. The summed E-state index contributed by atoms with van der Waals surface area (Å²) in [5, 5.41) is 0. The van der Waals surface area contributed by atoms with E-state index in [-0.39, 0.29) is 0 Å². The third kappa shape index (κ3) is 3.68. The van der Waals surface area contributed by atoms with Gasteiger partial charge in [-0.3, -0.25) is 0 Å². The Morgan fingerprint density at radius 3 is 2.17 bits per heavy atom. The van der Waals surface area contributed by atoms with Crippen molar-refractivity contribution in [2.24, 2.45) is 5.73 Å². The minimum Gasteiger partial charge on any atom is -0.428 e. The summed E-state index contributed by atoms with van der Waals surface area (Å²) in [4.78, 5) is 0. The molecule has 0 unspecified atom stereocenters. The summed E-state index contributed by atoms with van der Waals surface area (Å²) in [7, 11) is -0.805. The minimum atomic E-state index is -4.58. The van der Waals surface area contributed by atoms with Gasteiger partial charge in [-0.25, -0.2) is 0 Å². The maximum atomic E-state index is 13.0. The van der Waals surface area contributed by atoms with Crippen molar-refractivity contribution in [3.05, 3.63) is 29.8 Å². The summed E-state index contributed by atoms with van der Waals surface area (Å²) in [6.07, 6.45) is -8.51. The highest BCUT2D eigenvalue weighted by Gasteiger charge is 2.53. The molecule has 4 nitrogen and oxygen atoms in total. The predicted octanol–water partition coefficient (Wildman–Crippen LogP) is 3.55. The van der Waals surface area contributed by atoms with Crippen molar-refractivity contribution >= 4 is 7.12 Å². The Morgan fingerprint density at radius 1 is 1.12 bits per heavy atom. The summed E-state index contributed by atoms with van der Waals surface area (Å²) in [5.41, 5.74) is 5.25. The highest BCUT2D eigenvalue weighted by Crippen LogP contribution is 2.40. The van der Waals surface area contributed by atoms with Crippen molar-refractivity contribution < 1.29 is 31.6 Å². The number of hydrogen-bond donors (Lipinski definition) is 1. The van der Waals surface area contributed by atoms with E-state index in [1.807, 2.05) is 27.7 Å². The van der Waals surface area contributed by atoms with Crippen LogP contribution in [-0.4, -0.2) is 30.9 Å². The van der Waals surface area contributed by atoms with Crippen LogP contribution >= 0.6 is 0 Å². The summed E-state index contributed by atoms with van der Waals surface area (Å²) in [6, 6.07) is 5.27. The van der Waals surface area contributed by atoms with Crippen molar-refractivity contribution in [2.45, 2.75) is 57.4 Å². The van der Waals surface area contributed by atoms with Crippen LogP contribution < -0.4 is 10.5 Å². The second kappa shape index (κ2) is 6.20. The number of nitrogens with two attached hydrogens (primary N) is 1. The highest BCUT2D eigenvalue weighted by atomic mass is 19.3. The van der Waals surface area contributed by atoms with Gasteiger partial charge in [0, 0.05) is 0 Å². The molecular weight excluding hydrogens is 329 g/mol. The van der Waals surface area contributed by atoms with E-state index < -0.39 is 42.5 Å². The van der Waals surface area contributed by atoms with E-state index in [1.54, 1.807) is 6.07 Å². The summed E-state index contributed by atoms with van der Waals surface area (Å²) in [5.74, 6) is -1.21. The third-order valence-corrected chi connectivity index (χ3v) is 4.32. The lowest BCUT2D eigenvalue weighted by Gasteiger charge is -2.32. The van der Waals surface area contributed by atoms with Crippen LogP contribution in [0.5, 0.6) is 5.75 Å². The molecule has 1 heterocycles. The predicted molar refractivity (Wildman–Crippen MR) is 81.0 cm³/mol. The van der Waals surface area contributed by atoms with Crippen LogP contribution in [0.15, 0.2) is 24.3 Å². The average Bonchev–Trinajstić information content (AvgIpc) is 2.66. The van der Waals surface area contributed by atoms with E-state index in [2.05, 4.69) is 4.74 Å². The average molecular weight is 349 g/mol. The third-order valence-electron chi connectivity index (χ3n) is 4.32. The molecule has 1 fully saturated rings. The second-order valence-electron chi connectivity index (χ2n) is 6.69. The molecule has 1 aromatic carbocycles. The van der Waals surface area contributed by atoms with Crippen molar-refractivity contribution in [2.75, 3.05) is 0 Å². The zero-order valence-corrected chi connectivity index (χ0v) is 13.9. The van der Waals surface area contributed by atoms with Crippen LogP contribution in [0.4, 0.5) is 17.6 Å². The van der Waals surface area contributed by atoms with Crippen LogP contribution in [0.25, 0.3) is 0 Å². The molecule has 0 saturated carbocycles. The van der Waals surface area contributed by atoms with Gasteiger partial charge in [-0.05, 0) is 45.4 Å². The molecular formula is C15H20BF4NO3. The quantitative estimate of drug-likeness (QED) is 0.653. The van der Waals surface area contributed by atoms with Crippen LogP contribution in [0, 0.1) is 0 Å². The molecule has 2 rings (SSSR count). The SMILES string of the molecule is CC1(C)OB([C@@H](N)c2cccc(OC(F)(F)C(F)F)c2)OC1(C)C. The van der Waals surface area contributed by atoms with Crippen LogP contribution in [0.1, 0.15) is 39.2 Å². The molecule has 9 heteroatoms. The number of alkyl halides is 4. The first-order chi connectivity index (χ1) is 10.9. The first-order valence-electron chi connectivity index (χ1n) is 7.42. The standard InChI is InChI=1S/C15H20BF4NO3/c1-13(2)14(3,4)24-16(23-13)11(21)9-6-5-7-10(8-9)22-15(19,20)12(17)18/h5-8,11-12H,21H2,1-4H3/t11-/m0/s1. The van der Waals surface area contributed by atoms with E-state index >= 15 is 0 Å². The lowest BCUT2D eigenvalue weighted by Crippen LogP contribution is -2.41. The van der Waals surface area contributed by atoms with Gasteiger partial charge in [0.05, 0.1) is 17.1 Å². The zero-order chi connectivity index (χ0) is 18.3. The Labute approximate surface area is 138 Å². The first-order valence-corrected chi connectivity index (χ1v) is 7.42. The lowest BCUT2D eigenvalue weighted by molar-refractivity contribution is -0.253. The van der Waals surface area contributed by atoms with E-state index in [0.717, 1.165) is 6.07 Å². The Kier molecular flexibility index (Phi) is 4.91. The molecule has 0 spiro atoms. The fraction of sp³-hybridized carbons (Fsp3) is 0.600. The van der Waals surface area contributed by atoms with Crippen molar-refractivity contribution in [3.63, 3.8) is 0 Å². The first kappa shape index (κ1) is 19.0. The summed E-state index contributed by atoms with van der Waals surface area (Å²) >= 11 is 0. The minimum absolute atomic E-state index is 0.371. The molecule has 0 aliphatic carbocycles. The smallest absolute Gasteiger partial charge is 0.428 e. The maximum Gasteiger partial charge on any atom is 0.480 e. The summed E-state index contributed by atoms with van der Waals surface area (Å²) in [6.45, 7) is 7.40. The molecule has 0 radical (unpaired) electrons. The van der Waals surface area contributed by atoms with Gasteiger partial charge < -0.3 is 19.8 Å². The monoisotopic (exact) mass is 349 g/mol. The van der Waals surface area contributed by atoms with E-state index in [9.17, 15) is 17.6 Å². The fourth-order valence-corrected chi connectivity index (χ4v) is 2.18. The number of hydrogen-bond acceptors (Lipinski definition) is 4. The zero-order valence-electron chi connectivity index (χ0n) is 13.9. The molecule has 134 valence electrons. The lowest BCUT2D eigenvalue weighted by atomic mass is 9.75. The van der Waals surface area contributed by atoms with E-state index in [0.29, 0.717) is 5.56 Å². The van der Waals surface area contributed by atoms with Gasteiger partial charge in [0.2, 0.25) is 0 Å². The highest BCUT2D eigenvalue weighted by molar-refractivity contribution is 6.47. The molecule has 0 bridgehead atoms. The molecule has 1 aromatic rings. The Balaban J connectivity index is 2.17. The van der Waals surface area contributed by atoms with Gasteiger partial charge in [-0.15, -0.1) is 0 Å². The van der Waals surface area contributed by atoms with Gasteiger partial charge in [-0.2, -0.15) is 17.6 Å². The van der Waals surface area contributed by atoms with Gasteiger partial charge in [-0.1, -0.05) is 12.1 Å². The Bertz CT molecular complexity index is 582. The molecule has 1 saturated heterocycles. The number of benzene rings is 1. The molecule has 1 atom stereocenters. The van der Waals surface area contributed by atoms with Crippen LogP contribution in [0.2, 0.25) is 0 Å². The molecule has 1 aliphatic rings. The Morgan fingerprint density at radius 2 is 1.67 bits per heavy atom. The van der Waals surface area contributed by atoms with E-state index in [1.165, 1.54) is 12.1 Å². The van der Waals surface area contributed by atoms with Crippen LogP contribution in [0.3, 0.4) is 0 Å². The Hall–Kier alpha value is -1.32. The fourth-order valence-electron chi connectivity index (χ4n) is 2.18. The number of halogens is 4. The molecule has 0 amide bonds. The normalized spacial score (nSPS) is 21.2. The molecule has 2 N–H and O–H groups in total. The van der Waals surface area contributed by atoms with E-state index in [4.69, 9.17) is 15.0 Å². The molecule has 24 heavy (non-hydrogen) atoms. The van der Waals surface area contributed by atoms with Gasteiger partial charge >= 0.3 is 19.7 Å². The van der Waals surface area contributed by atoms with Crippen molar-refractivity contribution in [3.8, 4) is 5.75 Å². The second-order valence-corrected chi connectivity index (χ2v) is 6.69. The topological polar surface area (TPSA) is 53.7 Å². The number of ether oxygens (including phenoxy) is 1. The largest absolute Gasteiger partial charge is 0.480 e. The van der Waals surface area contributed by atoms with Crippen LogP contribution in [-0.2, 0) is 9.31 Å². The van der Waals surface area contributed by atoms with Gasteiger partial charge in [0.25, 0.3) is 0 Å². The van der Waals surface area contributed by atoms with Crippen molar-refractivity contribution in [1.82, 2.24) is 0 Å². The summed E-state index contributed by atoms with van der Waals surface area (Å²) < 4.78 is 66.2. The van der Waals surface area contributed by atoms with Crippen molar-refractivity contribution in [1.29, 1.82) is 0 Å². The van der Waals surface area contributed by atoms with Gasteiger partial charge in [0.1, 0.15) is 5.75 Å². The molecule has 0 aromatic heterocycles. The number of rotatable bonds is 5. The van der Waals surface area contributed by atoms with Gasteiger partial charge in [0.15, 0.2) is 0 Å².